The maximum atomic E-state index is 14.0. The maximum Gasteiger partial charge on any atom is 0.334 e. The highest BCUT2D eigenvalue weighted by Gasteiger charge is 2.64. The summed E-state index contributed by atoms with van der Waals surface area (Å²) >= 11 is 0. The summed E-state index contributed by atoms with van der Waals surface area (Å²) in [6, 6.07) is 18.6. The Kier molecular flexibility index (Phi) is 6.58. The van der Waals surface area contributed by atoms with Crippen LogP contribution in [0.25, 0.3) is 0 Å². The van der Waals surface area contributed by atoms with Crippen LogP contribution in [0.2, 0.25) is 0 Å². The largest absolute Gasteiger partial charge is 0.461 e. The van der Waals surface area contributed by atoms with Gasteiger partial charge in [-0.05, 0) is 48.5 Å². The Morgan fingerprint density at radius 3 is 1.94 bits per heavy atom. The van der Waals surface area contributed by atoms with Crippen LogP contribution in [0.3, 0.4) is 0 Å². The number of ether oxygens (including phenoxy) is 3. The summed E-state index contributed by atoms with van der Waals surface area (Å²) in [5.74, 6) is -1.73. The summed E-state index contributed by atoms with van der Waals surface area (Å²) in [5, 5.41) is 0. The van der Waals surface area contributed by atoms with Gasteiger partial charge in [-0.1, -0.05) is 60.7 Å². The first-order valence-electron chi connectivity index (χ1n) is 11.2. The van der Waals surface area contributed by atoms with E-state index in [4.69, 9.17) is 14.2 Å². The van der Waals surface area contributed by atoms with Crippen molar-refractivity contribution in [3.05, 3.63) is 83.6 Å². The van der Waals surface area contributed by atoms with Gasteiger partial charge in [0, 0.05) is 17.5 Å². The molecular formula is C28H34O5. The van der Waals surface area contributed by atoms with Crippen molar-refractivity contribution in [1.82, 2.24) is 0 Å². The van der Waals surface area contributed by atoms with Crippen LogP contribution in [0.4, 0.5) is 0 Å². The smallest absolute Gasteiger partial charge is 0.334 e. The number of hydrogen-bond acceptors (Lipinski definition) is 5. The Bertz CT molecular complexity index is 1030. The topological polar surface area (TPSA) is 61.8 Å². The number of rotatable bonds is 5. The van der Waals surface area contributed by atoms with Crippen molar-refractivity contribution >= 4 is 11.8 Å². The zero-order chi connectivity index (χ0) is 24.5. The van der Waals surface area contributed by atoms with Gasteiger partial charge in [0.15, 0.2) is 5.78 Å². The van der Waals surface area contributed by atoms with Gasteiger partial charge in [0.25, 0.3) is 5.79 Å². The second kappa shape index (κ2) is 8.79. The third-order valence-electron chi connectivity index (χ3n) is 5.36. The Balaban J connectivity index is 2.19. The van der Waals surface area contributed by atoms with Crippen molar-refractivity contribution in [2.24, 2.45) is 5.41 Å². The van der Waals surface area contributed by atoms with E-state index in [0.29, 0.717) is 16.9 Å². The zero-order valence-electron chi connectivity index (χ0n) is 20.6. The summed E-state index contributed by atoms with van der Waals surface area (Å²) in [5.41, 5.74) is -1.17. The van der Waals surface area contributed by atoms with E-state index in [9.17, 15) is 9.59 Å². The molecule has 1 aliphatic rings. The van der Waals surface area contributed by atoms with Gasteiger partial charge in [-0.3, -0.25) is 4.79 Å². The van der Waals surface area contributed by atoms with E-state index in [2.05, 4.69) is 0 Å². The standard InChI is InChI=1S/C28H34O5/c1-25(2,3)32-23(29)18-22-19-27(7,24(30)20-14-10-8-11-15-20)28(31-22,33-26(4,5)6)21-16-12-9-13-17-21/h8-18H,19H2,1-7H3/b22-18+. The maximum absolute atomic E-state index is 14.0. The Labute approximate surface area is 196 Å². The lowest BCUT2D eigenvalue weighted by Crippen LogP contribution is -2.51. The highest BCUT2D eigenvalue weighted by Crippen LogP contribution is 2.58. The lowest BCUT2D eigenvalue weighted by molar-refractivity contribution is -0.287. The van der Waals surface area contributed by atoms with Crippen LogP contribution in [0, 0.1) is 5.41 Å². The molecule has 0 radical (unpaired) electrons. The van der Waals surface area contributed by atoms with E-state index >= 15 is 0 Å². The molecule has 1 heterocycles. The summed E-state index contributed by atoms with van der Waals surface area (Å²) < 4.78 is 18.5. The second-order valence-corrected chi connectivity index (χ2v) is 10.6. The molecule has 5 heteroatoms. The molecule has 0 spiro atoms. The third kappa shape index (κ3) is 5.36. The highest BCUT2D eigenvalue weighted by molar-refractivity contribution is 6.01. The molecular weight excluding hydrogens is 416 g/mol. The Hall–Kier alpha value is -2.92. The number of allylic oxidation sites excluding steroid dienone is 1. The average molecular weight is 451 g/mol. The molecule has 3 rings (SSSR count). The molecule has 0 aromatic heterocycles. The number of hydrogen-bond donors (Lipinski definition) is 0. The fourth-order valence-corrected chi connectivity index (χ4v) is 4.14. The van der Waals surface area contributed by atoms with Crippen molar-refractivity contribution in [3.63, 3.8) is 0 Å². The van der Waals surface area contributed by atoms with Gasteiger partial charge >= 0.3 is 5.97 Å². The van der Waals surface area contributed by atoms with E-state index in [0.717, 1.165) is 0 Å². The van der Waals surface area contributed by atoms with E-state index in [1.165, 1.54) is 6.08 Å². The minimum atomic E-state index is -1.44. The molecule has 33 heavy (non-hydrogen) atoms. The van der Waals surface area contributed by atoms with E-state index in [1.54, 1.807) is 32.9 Å². The number of ketones is 1. The molecule has 1 aliphatic heterocycles. The molecule has 0 N–H and O–H groups in total. The summed E-state index contributed by atoms with van der Waals surface area (Å²) in [7, 11) is 0. The predicted octanol–water partition coefficient (Wildman–Crippen LogP) is 6.19. The number of carbonyl (C=O) groups is 2. The van der Waals surface area contributed by atoms with Crippen LogP contribution < -0.4 is 0 Å². The normalized spacial score (nSPS) is 24.4. The van der Waals surface area contributed by atoms with Crippen molar-refractivity contribution in [2.75, 3.05) is 0 Å². The lowest BCUT2D eigenvalue weighted by atomic mass is 9.71. The number of Topliss-reactive ketones (excluding diaryl/α,β-unsaturated/α-hetero) is 1. The van der Waals surface area contributed by atoms with Crippen molar-refractivity contribution in [2.45, 2.75) is 71.9 Å². The SMILES string of the molecule is CC(C)(C)OC(=O)/C=C1\CC(C)(C(=O)c2ccccc2)C(OC(C)(C)C)(c2ccccc2)O1. The van der Waals surface area contributed by atoms with Crippen LogP contribution in [0.15, 0.2) is 72.5 Å². The molecule has 2 atom stereocenters. The molecule has 5 nitrogen and oxygen atoms in total. The molecule has 2 unspecified atom stereocenters. The minimum absolute atomic E-state index is 0.121. The van der Waals surface area contributed by atoms with Crippen LogP contribution in [-0.4, -0.2) is 23.0 Å². The molecule has 176 valence electrons. The van der Waals surface area contributed by atoms with Gasteiger partial charge in [0.1, 0.15) is 16.8 Å². The lowest BCUT2D eigenvalue weighted by Gasteiger charge is -2.44. The quantitative estimate of drug-likeness (QED) is 0.309. The van der Waals surface area contributed by atoms with Crippen molar-refractivity contribution < 1.29 is 23.8 Å². The van der Waals surface area contributed by atoms with E-state index < -0.39 is 28.4 Å². The first kappa shape index (κ1) is 24.7. The molecule has 0 aliphatic carbocycles. The monoisotopic (exact) mass is 450 g/mol. The second-order valence-electron chi connectivity index (χ2n) is 10.6. The van der Waals surface area contributed by atoms with Gasteiger partial charge in [0.2, 0.25) is 0 Å². The number of benzene rings is 2. The van der Waals surface area contributed by atoms with Gasteiger partial charge < -0.3 is 14.2 Å². The van der Waals surface area contributed by atoms with Crippen molar-refractivity contribution in [3.8, 4) is 0 Å². The number of esters is 1. The van der Waals surface area contributed by atoms with Gasteiger partial charge in [-0.2, -0.15) is 0 Å². The first-order valence-corrected chi connectivity index (χ1v) is 11.2. The molecule has 2 aromatic carbocycles. The number of carbonyl (C=O) groups excluding carboxylic acids is 2. The van der Waals surface area contributed by atoms with E-state index in [-0.39, 0.29) is 12.2 Å². The summed E-state index contributed by atoms with van der Waals surface area (Å²) in [6.07, 6.45) is 1.52. The summed E-state index contributed by atoms with van der Waals surface area (Å²) in [4.78, 5) is 26.6. The molecule has 1 fully saturated rings. The van der Waals surface area contributed by atoms with E-state index in [1.807, 2.05) is 76.2 Å². The molecule has 0 amide bonds. The van der Waals surface area contributed by atoms with Crippen LogP contribution >= 0.6 is 0 Å². The van der Waals surface area contributed by atoms with Crippen LogP contribution in [-0.2, 0) is 24.8 Å². The van der Waals surface area contributed by atoms with Crippen molar-refractivity contribution in [1.29, 1.82) is 0 Å². The molecule has 1 saturated heterocycles. The molecule has 0 saturated carbocycles. The summed E-state index contributed by atoms with van der Waals surface area (Å²) in [6.45, 7) is 13.0. The van der Waals surface area contributed by atoms with Crippen LogP contribution in [0.5, 0.6) is 0 Å². The predicted molar refractivity (Wildman–Crippen MR) is 127 cm³/mol. The van der Waals surface area contributed by atoms with Gasteiger partial charge in [-0.25, -0.2) is 4.79 Å². The average Bonchev–Trinajstić information content (AvgIpc) is 2.98. The molecule has 2 aromatic rings. The minimum Gasteiger partial charge on any atom is -0.461 e. The molecule has 0 bridgehead atoms. The Morgan fingerprint density at radius 2 is 1.42 bits per heavy atom. The fourth-order valence-electron chi connectivity index (χ4n) is 4.14. The van der Waals surface area contributed by atoms with Gasteiger partial charge in [0.05, 0.1) is 11.7 Å². The third-order valence-corrected chi connectivity index (χ3v) is 5.36. The highest BCUT2D eigenvalue weighted by atomic mass is 16.7. The zero-order valence-corrected chi connectivity index (χ0v) is 20.6. The van der Waals surface area contributed by atoms with Crippen LogP contribution in [0.1, 0.15) is 70.8 Å². The Morgan fingerprint density at radius 1 is 0.879 bits per heavy atom. The first-order chi connectivity index (χ1) is 15.3. The van der Waals surface area contributed by atoms with Gasteiger partial charge in [-0.15, -0.1) is 0 Å². The fraction of sp³-hybridized carbons (Fsp3) is 0.429.